The van der Waals surface area contributed by atoms with E-state index in [-0.39, 0.29) is 23.4 Å². The molecule has 1 fully saturated rings. The number of thiophene rings is 1. The van der Waals surface area contributed by atoms with Gasteiger partial charge in [0.05, 0.1) is 5.54 Å². The van der Waals surface area contributed by atoms with Crippen LogP contribution in [0, 0.1) is 0 Å². The summed E-state index contributed by atoms with van der Waals surface area (Å²) in [6.07, 6.45) is 5.48. The molecule has 1 aromatic carbocycles. The molecule has 168 valence electrons. The molecule has 6 heteroatoms. The van der Waals surface area contributed by atoms with Crippen LogP contribution in [-0.4, -0.2) is 48.8 Å². The monoisotopic (exact) mass is 441 g/mol. The topological polar surface area (TPSA) is 52.7 Å². The van der Waals surface area contributed by atoms with Gasteiger partial charge in [0, 0.05) is 37.4 Å². The normalized spacial score (nSPS) is 21.1. The van der Waals surface area contributed by atoms with Crippen LogP contribution in [0.2, 0.25) is 0 Å². The van der Waals surface area contributed by atoms with Crippen molar-refractivity contribution in [2.45, 2.75) is 63.1 Å². The van der Waals surface area contributed by atoms with Gasteiger partial charge in [-0.3, -0.25) is 14.5 Å². The van der Waals surface area contributed by atoms with Gasteiger partial charge in [0.1, 0.15) is 0 Å². The maximum Gasteiger partial charge on any atom is 0.222 e. The van der Waals surface area contributed by atoms with E-state index in [4.69, 9.17) is 0 Å². The van der Waals surface area contributed by atoms with Crippen LogP contribution >= 0.6 is 11.3 Å². The minimum absolute atomic E-state index is 0.0667. The van der Waals surface area contributed by atoms with E-state index in [1.165, 1.54) is 4.88 Å². The number of nitrogens with zero attached hydrogens (tertiary/aromatic N) is 2. The SMILES string of the molecule is CN(Cc1ccccc1)C(=O)CCCC(=O)NC1CCC(c2cccs2)(N(C)C)CC1. The van der Waals surface area contributed by atoms with Gasteiger partial charge in [0.2, 0.25) is 11.8 Å². The maximum absolute atomic E-state index is 12.4. The molecule has 0 unspecified atom stereocenters. The van der Waals surface area contributed by atoms with Crippen LogP contribution < -0.4 is 5.32 Å². The summed E-state index contributed by atoms with van der Waals surface area (Å²) in [5, 5.41) is 5.35. The van der Waals surface area contributed by atoms with Crippen molar-refractivity contribution in [3.63, 3.8) is 0 Å². The number of benzene rings is 1. The zero-order chi connectivity index (χ0) is 22.3. The molecule has 31 heavy (non-hydrogen) atoms. The summed E-state index contributed by atoms with van der Waals surface area (Å²) in [6.45, 7) is 0.603. The van der Waals surface area contributed by atoms with E-state index < -0.39 is 0 Å². The van der Waals surface area contributed by atoms with Gasteiger partial charge in [-0.05, 0) is 63.2 Å². The number of amides is 2. The van der Waals surface area contributed by atoms with Gasteiger partial charge in [0.25, 0.3) is 0 Å². The van der Waals surface area contributed by atoms with Crippen LogP contribution in [-0.2, 0) is 21.7 Å². The van der Waals surface area contributed by atoms with Crippen molar-refractivity contribution in [2.24, 2.45) is 0 Å². The molecule has 1 aliphatic rings. The molecule has 1 N–H and O–H groups in total. The van der Waals surface area contributed by atoms with Crippen LogP contribution in [0.5, 0.6) is 0 Å². The second-order valence-electron chi connectivity index (χ2n) is 8.83. The summed E-state index contributed by atoms with van der Waals surface area (Å²) < 4.78 is 0. The molecular weight excluding hydrogens is 406 g/mol. The first-order valence-corrected chi connectivity index (χ1v) is 12.1. The van der Waals surface area contributed by atoms with Crippen molar-refractivity contribution < 1.29 is 9.59 Å². The fourth-order valence-corrected chi connectivity index (χ4v) is 5.60. The standard InChI is InChI=1S/C25H35N3O2S/c1-27(2)25(22-11-8-18-31-22)16-14-21(15-17-25)26-23(29)12-7-13-24(30)28(3)19-20-9-5-4-6-10-20/h4-6,8-11,18,21H,7,12-17,19H2,1-3H3,(H,26,29). The Balaban J connectivity index is 1.38. The summed E-state index contributed by atoms with van der Waals surface area (Å²) in [5.74, 6) is 0.151. The number of nitrogens with one attached hydrogen (secondary N) is 1. The lowest BCUT2D eigenvalue weighted by molar-refractivity contribution is -0.130. The average molecular weight is 442 g/mol. The average Bonchev–Trinajstić information content (AvgIpc) is 3.30. The highest BCUT2D eigenvalue weighted by molar-refractivity contribution is 7.10. The highest BCUT2D eigenvalue weighted by Crippen LogP contribution is 2.42. The van der Waals surface area contributed by atoms with E-state index in [1.807, 2.05) is 48.7 Å². The predicted octanol–water partition coefficient (Wildman–Crippen LogP) is 4.39. The third-order valence-electron chi connectivity index (χ3n) is 6.50. The van der Waals surface area contributed by atoms with Crippen molar-refractivity contribution in [3.05, 3.63) is 58.3 Å². The van der Waals surface area contributed by atoms with E-state index in [2.05, 4.69) is 41.8 Å². The Labute approximate surface area is 190 Å². The number of hydrogen-bond donors (Lipinski definition) is 1. The van der Waals surface area contributed by atoms with Crippen LogP contribution in [0.1, 0.15) is 55.4 Å². The molecule has 1 aromatic heterocycles. The largest absolute Gasteiger partial charge is 0.353 e. The van der Waals surface area contributed by atoms with Gasteiger partial charge < -0.3 is 10.2 Å². The molecule has 0 aliphatic heterocycles. The molecule has 0 spiro atoms. The molecule has 2 amide bonds. The van der Waals surface area contributed by atoms with Gasteiger partial charge in [-0.15, -0.1) is 11.3 Å². The van der Waals surface area contributed by atoms with Gasteiger partial charge in [-0.1, -0.05) is 36.4 Å². The highest BCUT2D eigenvalue weighted by atomic mass is 32.1. The number of carbonyl (C=O) groups is 2. The summed E-state index contributed by atoms with van der Waals surface area (Å²) in [5.41, 5.74) is 1.20. The predicted molar refractivity (Wildman–Crippen MR) is 127 cm³/mol. The third kappa shape index (κ3) is 6.17. The van der Waals surface area contributed by atoms with E-state index in [0.717, 1.165) is 31.2 Å². The Hall–Kier alpha value is -2.18. The van der Waals surface area contributed by atoms with Gasteiger partial charge >= 0.3 is 0 Å². The lowest BCUT2D eigenvalue weighted by Gasteiger charge is -2.44. The fourth-order valence-electron chi connectivity index (χ4n) is 4.53. The first kappa shape index (κ1) is 23.5. The summed E-state index contributed by atoms with van der Waals surface area (Å²) >= 11 is 1.82. The van der Waals surface area contributed by atoms with Crippen LogP contribution in [0.4, 0.5) is 0 Å². The smallest absolute Gasteiger partial charge is 0.222 e. The van der Waals surface area contributed by atoms with E-state index >= 15 is 0 Å². The first-order chi connectivity index (χ1) is 14.9. The molecule has 2 aromatic rings. The lowest BCUT2D eigenvalue weighted by Crippen LogP contribution is -2.48. The minimum Gasteiger partial charge on any atom is -0.353 e. The molecule has 1 aliphatic carbocycles. The minimum atomic E-state index is 0.0667. The Morgan fingerprint density at radius 3 is 2.35 bits per heavy atom. The first-order valence-electron chi connectivity index (χ1n) is 11.2. The van der Waals surface area contributed by atoms with Gasteiger partial charge in [-0.2, -0.15) is 0 Å². The molecule has 0 atom stereocenters. The third-order valence-corrected chi connectivity index (χ3v) is 7.56. The second kappa shape index (κ2) is 10.9. The van der Waals surface area contributed by atoms with Crippen LogP contribution in [0.15, 0.2) is 47.8 Å². The maximum atomic E-state index is 12.4. The van der Waals surface area contributed by atoms with E-state index in [0.29, 0.717) is 25.8 Å². The second-order valence-corrected chi connectivity index (χ2v) is 9.78. The Kier molecular flexibility index (Phi) is 8.27. The molecule has 1 saturated carbocycles. The quantitative estimate of drug-likeness (QED) is 0.628. The zero-order valence-electron chi connectivity index (χ0n) is 19.0. The summed E-state index contributed by atoms with van der Waals surface area (Å²) in [4.78, 5) is 30.3. The van der Waals surface area contributed by atoms with Crippen molar-refractivity contribution in [2.75, 3.05) is 21.1 Å². The van der Waals surface area contributed by atoms with Crippen molar-refractivity contribution >= 4 is 23.2 Å². The Morgan fingerprint density at radius 2 is 1.74 bits per heavy atom. The van der Waals surface area contributed by atoms with E-state index in [9.17, 15) is 9.59 Å². The van der Waals surface area contributed by atoms with Crippen LogP contribution in [0.3, 0.4) is 0 Å². The molecule has 5 nitrogen and oxygen atoms in total. The van der Waals surface area contributed by atoms with E-state index in [1.54, 1.807) is 4.90 Å². The molecule has 1 heterocycles. The molecule has 3 rings (SSSR count). The fraction of sp³-hybridized carbons (Fsp3) is 0.520. The molecule has 0 radical (unpaired) electrons. The highest BCUT2D eigenvalue weighted by Gasteiger charge is 2.39. The van der Waals surface area contributed by atoms with Gasteiger partial charge in [0.15, 0.2) is 0 Å². The number of carbonyl (C=O) groups excluding carboxylic acids is 2. The van der Waals surface area contributed by atoms with Crippen molar-refractivity contribution in [1.82, 2.24) is 15.1 Å². The number of rotatable bonds is 9. The van der Waals surface area contributed by atoms with Gasteiger partial charge in [-0.25, -0.2) is 0 Å². The molecular formula is C25H35N3O2S. The summed E-state index contributed by atoms with van der Waals surface area (Å²) in [7, 11) is 6.14. The number of hydrogen-bond acceptors (Lipinski definition) is 4. The lowest BCUT2D eigenvalue weighted by atomic mass is 9.77. The van der Waals surface area contributed by atoms with Crippen LogP contribution in [0.25, 0.3) is 0 Å². The molecule has 0 bridgehead atoms. The van der Waals surface area contributed by atoms with Crippen molar-refractivity contribution in [3.8, 4) is 0 Å². The zero-order valence-corrected chi connectivity index (χ0v) is 19.8. The Bertz CT molecular complexity index is 828. The summed E-state index contributed by atoms with van der Waals surface area (Å²) in [6, 6.07) is 14.6. The molecule has 0 saturated heterocycles. The van der Waals surface area contributed by atoms with Crippen molar-refractivity contribution in [1.29, 1.82) is 0 Å². The Morgan fingerprint density at radius 1 is 1.03 bits per heavy atom.